The molecule has 0 unspecified atom stereocenters. The van der Waals surface area contributed by atoms with Gasteiger partial charge in [-0.05, 0) is 38.0 Å². The van der Waals surface area contributed by atoms with Crippen molar-refractivity contribution in [3.05, 3.63) is 36.4 Å². The molecule has 0 aliphatic rings. The quantitative estimate of drug-likeness (QED) is 0.269. The summed E-state index contributed by atoms with van der Waals surface area (Å²) in [4.78, 5) is 2.43. The van der Waals surface area contributed by atoms with Crippen LogP contribution in [0.5, 0.6) is 0 Å². The summed E-state index contributed by atoms with van der Waals surface area (Å²) in [6, 6.07) is 8.72. The Bertz CT molecular complexity index is 478. The fourth-order valence-electron chi connectivity index (χ4n) is 3.57. The van der Waals surface area contributed by atoms with Crippen LogP contribution in [-0.2, 0) is 0 Å². The summed E-state index contributed by atoms with van der Waals surface area (Å²) in [6.45, 7) is 10.9. The maximum absolute atomic E-state index is 3.83. The largest absolute Gasteiger partial charge is 0.369 e. The minimum absolute atomic E-state index is 0. The second-order valence-corrected chi connectivity index (χ2v) is 8.45. The summed E-state index contributed by atoms with van der Waals surface area (Å²) in [5.41, 5.74) is 2.68. The van der Waals surface area contributed by atoms with Gasteiger partial charge in [0, 0.05) is 18.3 Å². The number of anilines is 1. The molecule has 0 fully saturated rings. The van der Waals surface area contributed by atoms with Crippen LogP contribution in [0.2, 0.25) is 0 Å². The Labute approximate surface area is 176 Å². The third kappa shape index (κ3) is 10.8. The molecule has 0 heterocycles. The number of hydrogen-bond donors (Lipinski definition) is 0. The summed E-state index contributed by atoms with van der Waals surface area (Å²) in [5.74, 6) is 0. The molecule has 0 bridgehead atoms. The van der Waals surface area contributed by atoms with E-state index in [1.165, 1.54) is 88.3 Å². The predicted octanol–water partition coefficient (Wildman–Crippen LogP) is 8.67. The SMILES string of the molecule is C=Cc1ccc(N(C)C(C)(C)CCCCCCCCCCCCC)cc1.Cl. The molecule has 1 aromatic carbocycles. The van der Waals surface area contributed by atoms with Gasteiger partial charge in [-0.15, -0.1) is 12.4 Å². The van der Waals surface area contributed by atoms with Gasteiger partial charge in [-0.1, -0.05) is 102 Å². The summed E-state index contributed by atoms with van der Waals surface area (Å²) in [6.07, 6.45) is 18.7. The van der Waals surface area contributed by atoms with Gasteiger partial charge in [-0.3, -0.25) is 0 Å². The van der Waals surface area contributed by atoms with Crippen molar-refractivity contribution in [1.82, 2.24) is 0 Å². The molecule has 0 amide bonds. The molecule has 2 heteroatoms. The zero-order valence-electron chi connectivity index (χ0n) is 18.4. The van der Waals surface area contributed by atoms with Crippen molar-refractivity contribution in [3.63, 3.8) is 0 Å². The molecule has 0 aromatic heterocycles. The average Bonchev–Trinajstić information content (AvgIpc) is 2.65. The monoisotopic (exact) mass is 393 g/mol. The molecule has 0 aliphatic heterocycles. The van der Waals surface area contributed by atoms with Crippen LogP contribution in [0.25, 0.3) is 6.08 Å². The summed E-state index contributed by atoms with van der Waals surface area (Å²) >= 11 is 0. The number of rotatable bonds is 15. The second-order valence-electron chi connectivity index (χ2n) is 8.45. The number of halogens is 1. The molecule has 0 saturated carbocycles. The van der Waals surface area contributed by atoms with Crippen LogP contribution in [0.4, 0.5) is 5.69 Å². The highest BCUT2D eigenvalue weighted by Gasteiger charge is 2.23. The Balaban J connectivity index is 0.00000676. The normalized spacial score (nSPS) is 11.1. The lowest BCUT2D eigenvalue weighted by atomic mass is 9.93. The number of unbranched alkanes of at least 4 members (excludes halogenated alkanes) is 10. The Hall–Kier alpha value is -0.950. The van der Waals surface area contributed by atoms with E-state index < -0.39 is 0 Å². The smallest absolute Gasteiger partial charge is 0.0368 e. The molecule has 1 aromatic rings. The van der Waals surface area contributed by atoms with Crippen molar-refractivity contribution < 1.29 is 0 Å². The molecule has 0 radical (unpaired) electrons. The van der Waals surface area contributed by atoms with Gasteiger partial charge < -0.3 is 4.90 Å². The summed E-state index contributed by atoms with van der Waals surface area (Å²) < 4.78 is 0. The standard InChI is InChI=1S/C25H43N.ClH/c1-6-8-9-10-11-12-13-14-15-16-17-22-25(3,4)26(5)24-20-18-23(7-2)19-21-24;/h7,18-21H,2,6,8-17,22H2,1,3-5H3;1H. The van der Waals surface area contributed by atoms with Crippen molar-refractivity contribution >= 4 is 24.2 Å². The third-order valence-corrected chi connectivity index (χ3v) is 5.82. The predicted molar refractivity (Wildman–Crippen MR) is 127 cm³/mol. The van der Waals surface area contributed by atoms with E-state index in [0.29, 0.717) is 0 Å². The van der Waals surface area contributed by atoms with Gasteiger partial charge in [0.15, 0.2) is 0 Å². The zero-order valence-corrected chi connectivity index (χ0v) is 19.3. The number of nitrogens with zero attached hydrogens (tertiary/aromatic N) is 1. The van der Waals surface area contributed by atoms with Crippen molar-refractivity contribution in [2.24, 2.45) is 0 Å². The lowest BCUT2D eigenvalue weighted by Gasteiger charge is -2.38. The molecule has 1 nitrogen and oxygen atoms in total. The lowest BCUT2D eigenvalue weighted by molar-refractivity contribution is 0.420. The minimum atomic E-state index is 0. The van der Waals surface area contributed by atoms with Gasteiger partial charge in [0.2, 0.25) is 0 Å². The first kappa shape index (κ1) is 26.1. The van der Waals surface area contributed by atoms with Gasteiger partial charge in [-0.2, -0.15) is 0 Å². The van der Waals surface area contributed by atoms with E-state index in [1.807, 2.05) is 6.08 Å². The van der Waals surface area contributed by atoms with Crippen molar-refractivity contribution in [2.45, 2.75) is 103 Å². The van der Waals surface area contributed by atoms with Crippen molar-refractivity contribution in [3.8, 4) is 0 Å². The number of benzene rings is 1. The van der Waals surface area contributed by atoms with Crippen LogP contribution in [0.3, 0.4) is 0 Å². The Morgan fingerprint density at radius 2 is 1.26 bits per heavy atom. The van der Waals surface area contributed by atoms with Crippen LogP contribution >= 0.6 is 12.4 Å². The highest BCUT2D eigenvalue weighted by atomic mass is 35.5. The van der Waals surface area contributed by atoms with Gasteiger partial charge in [0.05, 0.1) is 0 Å². The minimum Gasteiger partial charge on any atom is -0.369 e. The van der Waals surface area contributed by atoms with Gasteiger partial charge in [-0.25, -0.2) is 0 Å². The Kier molecular flexibility index (Phi) is 14.5. The van der Waals surface area contributed by atoms with Crippen LogP contribution in [0.15, 0.2) is 30.8 Å². The summed E-state index contributed by atoms with van der Waals surface area (Å²) in [7, 11) is 2.22. The first-order valence-electron chi connectivity index (χ1n) is 11.0. The van der Waals surface area contributed by atoms with Crippen molar-refractivity contribution in [1.29, 1.82) is 0 Å². The van der Waals surface area contributed by atoms with Gasteiger partial charge >= 0.3 is 0 Å². The molecular formula is C25H44ClN. The van der Waals surface area contributed by atoms with E-state index in [0.717, 1.165) is 0 Å². The molecular weight excluding hydrogens is 350 g/mol. The topological polar surface area (TPSA) is 3.24 Å². The number of hydrogen-bond acceptors (Lipinski definition) is 1. The van der Waals surface area contributed by atoms with Crippen LogP contribution in [0, 0.1) is 0 Å². The molecule has 0 atom stereocenters. The van der Waals surface area contributed by atoms with E-state index in [2.05, 4.69) is 63.6 Å². The fourth-order valence-corrected chi connectivity index (χ4v) is 3.57. The van der Waals surface area contributed by atoms with E-state index >= 15 is 0 Å². The van der Waals surface area contributed by atoms with E-state index in [9.17, 15) is 0 Å². The van der Waals surface area contributed by atoms with Crippen LogP contribution in [0.1, 0.15) is 103 Å². The Morgan fingerprint density at radius 3 is 1.70 bits per heavy atom. The molecule has 0 N–H and O–H groups in total. The van der Waals surface area contributed by atoms with Crippen LogP contribution < -0.4 is 4.90 Å². The zero-order chi connectivity index (χ0) is 19.3. The first-order valence-corrected chi connectivity index (χ1v) is 11.0. The average molecular weight is 394 g/mol. The first-order chi connectivity index (χ1) is 12.5. The van der Waals surface area contributed by atoms with Crippen LogP contribution in [-0.4, -0.2) is 12.6 Å². The van der Waals surface area contributed by atoms with E-state index in [-0.39, 0.29) is 17.9 Å². The lowest BCUT2D eigenvalue weighted by Crippen LogP contribution is -2.41. The van der Waals surface area contributed by atoms with E-state index in [1.54, 1.807) is 0 Å². The maximum Gasteiger partial charge on any atom is 0.0368 e. The highest BCUT2D eigenvalue weighted by molar-refractivity contribution is 5.85. The molecule has 27 heavy (non-hydrogen) atoms. The Morgan fingerprint density at radius 1 is 0.815 bits per heavy atom. The fraction of sp³-hybridized carbons (Fsp3) is 0.680. The molecule has 0 aliphatic carbocycles. The summed E-state index contributed by atoms with van der Waals surface area (Å²) in [5, 5.41) is 0. The maximum atomic E-state index is 3.83. The van der Waals surface area contributed by atoms with Gasteiger partial charge in [0.1, 0.15) is 0 Å². The molecule has 156 valence electrons. The van der Waals surface area contributed by atoms with Gasteiger partial charge in [0.25, 0.3) is 0 Å². The second kappa shape index (κ2) is 15.0. The molecule has 1 rings (SSSR count). The third-order valence-electron chi connectivity index (χ3n) is 5.82. The highest BCUT2D eigenvalue weighted by Crippen LogP contribution is 2.27. The molecule has 0 saturated heterocycles. The molecule has 0 spiro atoms. The van der Waals surface area contributed by atoms with E-state index in [4.69, 9.17) is 0 Å². The van der Waals surface area contributed by atoms with Crippen molar-refractivity contribution in [2.75, 3.05) is 11.9 Å².